The largest absolute Gasteiger partial charge is 0.493 e. The van der Waals surface area contributed by atoms with Crippen LogP contribution in [0.4, 0.5) is 0 Å². The van der Waals surface area contributed by atoms with Gasteiger partial charge in [-0.05, 0) is 19.4 Å². The van der Waals surface area contributed by atoms with Gasteiger partial charge in [-0.25, -0.2) is 0 Å². The zero-order chi connectivity index (χ0) is 11.8. The minimum Gasteiger partial charge on any atom is -0.493 e. The van der Waals surface area contributed by atoms with E-state index in [2.05, 4.69) is 6.92 Å². The molecule has 0 aromatic heterocycles. The molecule has 90 valence electrons. The number of aliphatic hydroxyl groups excluding tert-OH is 1. The molecule has 1 rings (SSSR count). The molecule has 0 saturated carbocycles. The fourth-order valence-corrected chi connectivity index (χ4v) is 1.79. The number of ether oxygens (including phenoxy) is 1. The van der Waals surface area contributed by atoms with Crippen molar-refractivity contribution in [3.05, 3.63) is 29.8 Å². The number of unbranched alkanes of at least 4 members (excludes halogenated alkanes) is 2. The summed E-state index contributed by atoms with van der Waals surface area (Å²) in [5.41, 5.74) is 0.917. The van der Waals surface area contributed by atoms with E-state index < -0.39 is 6.10 Å². The van der Waals surface area contributed by atoms with E-state index in [1.165, 1.54) is 12.8 Å². The van der Waals surface area contributed by atoms with E-state index in [1.54, 1.807) is 0 Å². The van der Waals surface area contributed by atoms with Gasteiger partial charge in [0.1, 0.15) is 5.75 Å². The van der Waals surface area contributed by atoms with E-state index in [0.717, 1.165) is 24.2 Å². The van der Waals surface area contributed by atoms with Crippen LogP contribution in [-0.4, -0.2) is 11.7 Å². The lowest BCUT2D eigenvalue weighted by Gasteiger charge is -2.15. The molecular weight excluding hydrogens is 200 g/mol. The van der Waals surface area contributed by atoms with Crippen molar-refractivity contribution in [2.24, 2.45) is 0 Å². The summed E-state index contributed by atoms with van der Waals surface area (Å²) in [5.74, 6) is 0.814. The van der Waals surface area contributed by atoms with Gasteiger partial charge in [-0.15, -0.1) is 0 Å². The Hall–Kier alpha value is -1.02. The van der Waals surface area contributed by atoms with Gasteiger partial charge in [-0.3, -0.25) is 0 Å². The van der Waals surface area contributed by atoms with Crippen LogP contribution in [-0.2, 0) is 0 Å². The quantitative estimate of drug-likeness (QED) is 0.713. The average molecular weight is 222 g/mol. The van der Waals surface area contributed by atoms with Gasteiger partial charge in [0, 0.05) is 5.56 Å². The predicted octanol–water partition coefficient (Wildman–Crippen LogP) is 3.70. The number of hydrogen-bond acceptors (Lipinski definition) is 2. The Kier molecular flexibility index (Phi) is 5.94. The molecule has 2 nitrogen and oxygen atoms in total. The third-order valence-electron chi connectivity index (χ3n) is 2.66. The Morgan fingerprint density at radius 1 is 1.19 bits per heavy atom. The second-order valence-corrected chi connectivity index (χ2v) is 3.98. The topological polar surface area (TPSA) is 29.5 Å². The molecule has 0 saturated heterocycles. The maximum Gasteiger partial charge on any atom is 0.125 e. The van der Waals surface area contributed by atoms with E-state index >= 15 is 0 Å². The van der Waals surface area contributed by atoms with Crippen molar-refractivity contribution in [3.63, 3.8) is 0 Å². The molecule has 0 radical (unpaired) electrons. The molecule has 1 aromatic carbocycles. The third-order valence-corrected chi connectivity index (χ3v) is 2.66. The van der Waals surface area contributed by atoms with E-state index in [4.69, 9.17) is 4.74 Å². The van der Waals surface area contributed by atoms with Crippen LogP contribution < -0.4 is 4.74 Å². The van der Waals surface area contributed by atoms with Gasteiger partial charge in [0.05, 0.1) is 12.7 Å². The zero-order valence-corrected chi connectivity index (χ0v) is 10.3. The molecule has 1 atom stereocenters. The fraction of sp³-hybridized carbons (Fsp3) is 0.571. The van der Waals surface area contributed by atoms with Gasteiger partial charge in [-0.1, -0.05) is 44.4 Å². The number of para-hydroxylation sites is 1. The maximum absolute atomic E-state index is 10.1. The monoisotopic (exact) mass is 222 g/mol. The van der Waals surface area contributed by atoms with Crippen LogP contribution in [0.15, 0.2) is 24.3 Å². The molecule has 1 N–H and O–H groups in total. The highest BCUT2D eigenvalue weighted by Gasteiger charge is 2.12. The molecule has 0 fully saturated rings. The molecule has 0 bridgehead atoms. The van der Waals surface area contributed by atoms with E-state index in [-0.39, 0.29) is 0 Å². The highest BCUT2D eigenvalue weighted by Crippen LogP contribution is 2.28. The maximum atomic E-state index is 10.1. The Bertz CT molecular complexity index is 297. The summed E-state index contributed by atoms with van der Waals surface area (Å²) in [7, 11) is 0. The summed E-state index contributed by atoms with van der Waals surface area (Å²) in [4.78, 5) is 0. The van der Waals surface area contributed by atoms with Crippen LogP contribution in [0, 0.1) is 0 Å². The Morgan fingerprint density at radius 2 is 1.94 bits per heavy atom. The SMILES string of the molecule is CCCCCC(O)c1ccccc1OCC. The van der Waals surface area contributed by atoms with E-state index in [0.29, 0.717) is 6.61 Å². The first kappa shape index (κ1) is 13.0. The van der Waals surface area contributed by atoms with Crippen molar-refractivity contribution in [2.75, 3.05) is 6.61 Å². The summed E-state index contributed by atoms with van der Waals surface area (Å²) in [6, 6.07) is 7.75. The number of hydrogen-bond donors (Lipinski definition) is 1. The molecule has 16 heavy (non-hydrogen) atoms. The van der Waals surface area contributed by atoms with Gasteiger partial charge < -0.3 is 9.84 Å². The average Bonchev–Trinajstić information content (AvgIpc) is 2.30. The molecule has 1 unspecified atom stereocenters. The number of rotatable bonds is 7. The smallest absolute Gasteiger partial charge is 0.125 e. The Morgan fingerprint density at radius 3 is 2.62 bits per heavy atom. The van der Waals surface area contributed by atoms with Gasteiger partial charge in [0.2, 0.25) is 0 Å². The summed E-state index contributed by atoms with van der Waals surface area (Å²) >= 11 is 0. The molecule has 1 aromatic rings. The number of aliphatic hydroxyl groups is 1. The lowest BCUT2D eigenvalue weighted by Crippen LogP contribution is -2.02. The highest BCUT2D eigenvalue weighted by molar-refractivity contribution is 5.34. The van der Waals surface area contributed by atoms with Gasteiger partial charge in [0.25, 0.3) is 0 Å². The van der Waals surface area contributed by atoms with Gasteiger partial charge >= 0.3 is 0 Å². The fourth-order valence-electron chi connectivity index (χ4n) is 1.79. The van der Waals surface area contributed by atoms with E-state index in [9.17, 15) is 5.11 Å². The van der Waals surface area contributed by atoms with Crippen LogP contribution in [0.1, 0.15) is 51.2 Å². The van der Waals surface area contributed by atoms with Crippen LogP contribution in [0.25, 0.3) is 0 Å². The summed E-state index contributed by atoms with van der Waals surface area (Å²) < 4.78 is 5.50. The molecule has 0 spiro atoms. The first-order valence-electron chi connectivity index (χ1n) is 6.19. The molecule has 0 heterocycles. The van der Waals surface area contributed by atoms with Crippen molar-refractivity contribution in [1.82, 2.24) is 0 Å². The van der Waals surface area contributed by atoms with Crippen molar-refractivity contribution < 1.29 is 9.84 Å². The molecular formula is C14H22O2. The van der Waals surface area contributed by atoms with Crippen LogP contribution in [0.2, 0.25) is 0 Å². The molecule has 0 aliphatic heterocycles. The zero-order valence-electron chi connectivity index (χ0n) is 10.3. The van der Waals surface area contributed by atoms with Crippen molar-refractivity contribution in [1.29, 1.82) is 0 Å². The molecule has 2 heteroatoms. The Labute approximate surface area is 98.3 Å². The normalized spacial score (nSPS) is 12.4. The van der Waals surface area contributed by atoms with Gasteiger partial charge in [-0.2, -0.15) is 0 Å². The first-order valence-corrected chi connectivity index (χ1v) is 6.19. The Balaban J connectivity index is 2.62. The molecule has 0 amide bonds. The lowest BCUT2D eigenvalue weighted by molar-refractivity contribution is 0.158. The van der Waals surface area contributed by atoms with Crippen molar-refractivity contribution >= 4 is 0 Å². The summed E-state index contributed by atoms with van der Waals surface area (Å²) in [6.07, 6.45) is 3.85. The van der Waals surface area contributed by atoms with Gasteiger partial charge in [0.15, 0.2) is 0 Å². The lowest BCUT2D eigenvalue weighted by atomic mass is 10.0. The summed E-state index contributed by atoms with van der Waals surface area (Å²) in [5, 5.41) is 10.1. The van der Waals surface area contributed by atoms with Crippen LogP contribution in [0.3, 0.4) is 0 Å². The number of benzene rings is 1. The molecule has 0 aliphatic carbocycles. The van der Waals surface area contributed by atoms with Crippen molar-refractivity contribution in [3.8, 4) is 5.75 Å². The van der Waals surface area contributed by atoms with E-state index in [1.807, 2.05) is 31.2 Å². The third kappa shape index (κ3) is 3.86. The predicted molar refractivity (Wildman–Crippen MR) is 66.7 cm³/mol. The summed E-state index contributed by atoms with van der Waals surface area (Å²) in [6.45, 7) is 4.76. The second-order valence-electron chi connectivity index (χ2n) is 3.98. The van der Waals surface area contributed by atoms with Crippen molar-refractivity contribution in [2.45, 2.75) is 45.6 Å². The minimum atomic E-state index is -0.394. The molecule has 0 aliphatic rings. The second kappa shape index (κ2) is 7.29. The minimum absolute atomic E-state index is 0.394. The van der Waals surface area contributed by atoms with Crippen LogP contribution in [0.5, 0.6) is 5.75 Å². The van der Waals surface area contributed by atoms with Crippen LogP contribution >= 0.6 is 0 Å². The standard InChI is InChI=1S/C14H22O2/c1-3-5-6-10-13(15)12-9-7-8-11-14(12)16-4-2/h7-9,11,13,15H,3-6,10H2,1-2H3. The first-order chi connectivity index (χ1) is 7.79. The highest BCUT2D eigenvalue weighted by atomic mass is 16.5.